The van der Waals surface area contributed by atoms with Crippen LogP contribution in [0, 0.1) is 6.92 Å². The molecule has 0 aliphatic carbocycles. The van der Waals surface area contributed by atoms with Crippen molar-refractivity contribution < 1.29 is 14.3 Å². The second-order valence-electron chi connectivity index (χ2n) is 8.31. The van der Waals surface area contributed by atoms with E-state index in [1.165, 1.54) is 0 Å². The third-order valence-electron chi connectivity index (χ3n) is 6.01. The van der Waals surface area contributed by atoms with E-state index < -0.39 is 0 Å². The van der Waals surface area contributed by atoms with Gasteiger partial charge in [0, 0.05) is 47.4 Å². The highest BCUT2D eigenvalue weighted by Gasteiger charge is 2.23. The summed E-state index contributed by atoms with van der Waals surface area (Å²) in [6.07, 6.45) is 4.63. The van der Waals surface area contributed by atoms with Gasteiger partial charge in [-0.15, -0.1) is 0 Å². The number of methoxy groups -OCH3 is 2. The number of pyridine rings is 1. The molecule has 0 saturated heterocycles. The number of aryl methyl sites for hydroxylation is 1. The number of nitrogens with zero attached hydrogens (tertiary/aromatic N) is 2. The largest absolute Gasteiger partial charge is 0.497 e. The van der Waals surface area contributed by atoms with Crippen LogP contribution >= 0.6 is 23.2 Å². The molecule has 4 aromatic rings. The Balaban J connectivity index is 1.60. The van der Waals surface area contributed by atoms with E-state index in [1.807, 2.05) is 60.1 Å². The average molecular weight is 512 g/mol. The van der Waals surface area contributed by atoms with Crippen LogP contribution in [-0.4, -0.2) is 36.1 Å². The highest BCUT2D eigenvalue weighted by Crippen LogP contribution is 2.34. The second kappa shape index (κ2) is 11.0. The number of amides is 1. The van der Waals surface area contributed by atoms with E-state index in [0.717, 1.165) is 28.0 Å². The number of carbonyl (C=O) groups is 1. The third kappa shape index (κ3) is 5.72. The molecular formula is C27H27Cl2N3O3. The zero-order chi connectivity index (χ0) is 24.9. The molecule has 182 valence electrons. The van der Waals surface area contributed by atoms with Gasteiger partial charge in [-0.25, -0.2) is 4.98 Å². The molecule has 0 fully saturated rings. The molecule has 0 spiro atoms. The normalized spacial score (nSPS) is 11.9. The molecule has 2 aromatic carbocycles. The number of carbonyl (C=O) groups excluding carboxylic acids is 1. The number of halogens is 2. The van der Waals surface area contributed by atoms with Gasteiger partial charge in [0.15, 0.2) is 0 Å². The van der Waals surface area contributed by atoms with Gasteiger partial charge in [-0.1, -0.05) is 35.3 Å². The fraction of sp³-hybridized carbons (Fsp3) is 0.259. The maximum absolute atomic E-state index is 13.1. The monoisotopic (exact) mass is 511 g/mol. The van der Waals surface area contributed by atoms with Crippen molar-refractivity contribution in [2.45, 2.75) is 25.7 Å². The molecular weight excluding hydrogens is 485 g/mol. The molecule has 0 aliphatic rings. The zero-order valence-electron chi connectivity index (χ0n) is 19.8. The van der Waals surface area contributed by atoms with Crippen molar-refractivity contribution in [3.05, 3.63) is 93.4 Å². The predicted molar refractivity (Wildman–Crippen MR) is 139 cm³/mol. The first-order valence-corrected chi connectivity index (χ1v) is 12.0. The molecule has 0 aliphatic heterocycles. The summed E-state index contributed by atoms with van der Waals surface area (Å²) in [6, 6.07) is 15.1. The van der Waals surface area contributed by atoms with Gasteiger partial charge in [-0.05, 0) is 60.4 Å². The van der Waals surface area contributed by atoms with Crippen LogP contribution in [0.25, 0.3) is 5.65 Å². The lowest BCUT2D eigenvalue weighted by molar-refractivity contribution is -0.121. The Kier molecular flexibility index (Phi) is 7.83. The van der Waals surface area contributed by atoms with E-state index in [-0.39, 0.29) is 18.2 Å². The van der Waals surface area contributed by atoms with Crippen LogP contribution in [0.15, 0.2) is 60.9 Å². The summed E-state index contributed by atoms with van der Waals surface area (Å²) >= 11 is 12.3. The fourth-order valence-corrected chi connectivity index (χ4v) is 4.67. The van der Waals surface area contributed by atoms with E-state index in [9.17, 15) is 4.79 Å². The SMILES string of the molecule is COc1cc(OC)cc(C(CC(=O)NCCc2ccc(Cl)cc2Cl)c2cnc3c(C)cccn23)c1. The minimum absolute atomic E-state index is 0.0792. The first kappa shape index (κ1) is 24.9. The number of nitrogens with one attached hydrogen (secondary N) is 1. The zero-order valence-corrected chi connectivity index (χ0v) is 21.4. The van der Waals surface area contributed by atoms with Crippen LogP contribution in [0.4, 0.5) is 0 Å². The van der Waals surface area contributed by atoms with Gasteiger partial charge < -0.3 is 19.2 Å². The number of fused-ring (bicyclic) bond motifs is 1. The van der Waals surface area contributed by atoms with Crippen molar-refractivity contribution >= 4 is 34.8 Å². The van der Waals surface area contributed by atoms with E-state index in [2.05, 4.69) is 10.3 Å². The fourth-order valence-electron chi connectivity index (χ4n) is 4.17. The maximum atomic E-state index is 13.1. The first-order valence-electron chi connectivity index (χ1n) is 11.3. The summed E-state index contributed by atoms with van der Waals surface area (Å²) < 4.78 is 13.0. The first-order chi connectivity index (χ1) is 16.9. The summed E-state index contributed by atoms with van der Waals surface area (Å²) in [7, 11) is 3.22. The molecule has 2 heterocycles. The summed E-state index contributed by atoms with van der Waals surface area (Å²) in [5, 5.41) is 4.21. The van der Waals surface area contributed by atoms with E-state index in [4.69, 9.17) is 32.7 Å². The highest BCUT2D eigenvalue weighted by molar-refractivity contribution is 6.35. The van der Waals surface area contributed by atoms with E-state index in [1.54, 1.807) is 26.4 Å². The minimum atomic E-state index is -0.269. The van der Waals surface area contributed by atoms with Crippen molar-refractivity contribution in [2.24, 2.45) is 0 Å². The average Bonchev–Trinajstić information content (AvgIpc) is 3.28. The Labute approximate surface area is 214 Å². The van der Waals surface area contributed by atoms with Gasteiger partial charge in [0.25, 0.3) is 0 Å². The van der Waals surface area contributed by atoms with Gasteiger partial charge >= 0.3 is 0 Å². The lowest BCUT2D eigenvalue weighted by atomic mass is 9.91. The molecule has 1 unspecified atom stereocenters. The standard InChI is InChI=1S/C27H27Cl2N3O3/c1-17-5-4-10-32-25(16-31-27(17)32)23(19-11-21(34-2)14-22(12-19)35-3)15-26(33)30-9-8-18-6-7-20(28)13-24(18)29/h4-7,10-14,16,23H,8-9,15H2,1-3H3,(H,30,33). The Hall–Kier alpha value is -3.22. The molecule has 8 heteroatoms. The molecule has 0 bridgehead atoms. The third-order valence-corrected chi connectivity index (χ3v) is 6.60. The molecule has 35 heavy (non-hydrogen) atoms. The summed E-state index contributed by atoms with van der Waals surface area (Å²) in [4.78, 5) is 17.7. The van der Waals surface area contributed by atoms with Crippen LogP contribution < -0.4 is 14.8 Å². The predicted octanol–water partition coefficient (Wildman–Crippen LogP) is 5.85. The van der Waals surface area contributed by atoms with E-state index in [0.29, 0.717) is 34.5 Å². The Morgan fingerprint density at radius 1 is 1.09 bits per heavy atom. The van der Waals surface area contributed by atoms with Gasteiger partial charge in [0.05, 0.1) is 19.9 Å². The van der Waals surface area contributed by atoms with Crippen LogP contribution in [0.1, 0.15) is 34.7 Å². The molecule has 1 amide bonds. The van der Waals surface area contributed by atoms with Crippen molar-refractivity contribution in [3.63, 3.8) is 0 Å². The smallest absolute Gasteiger partial charge is 0.221 e. The number of benzene rings is 2. The Morgan fingerprint density at radius 3 is 2.51 bits per heavy atom. The van der Waals surface area contributed by atoms with Gasteiger partial charge in [-0.3, -0.25) is 4.79 Å². The lowest BCUT2D eigenvalue weighted by Crippen LogP contribution is -2.27. The van der Waals surface area contributed by atoms with Crippen LogP contribution in [0.5, 0.6) is 11.5 Å². The Bertz CT molecular complexity index is 1330. The van der Waals surface area contributed by atoms with Crippen LogP contribution in [0.3, 0.4) is 0 Å². The molecule has 0 radical (unpaired) electrons. The Morgan fingerprint density at radius 2 is 1.83 bits per heavy atom. The van der Waals surface area contributed by atoms with E-state index >= 15 is 0 Å². The number of aromatic nitrogens is 2. The second-order valence-corrected chi connectivity index (χ2v) is 9.15. The van der Waals surface area contributed by atoms with Gasteiger partial charge in [0.1, 0.15) is 17.1 Å². The highest BCUT2D eigenvalue weighted by atomic mass is 35.5. The summed E-state index contributed by atoms with van der Waals surface area (Å²) in [5.74, 6) is 0.971. The van der Waals surface area contributed by atoms with Crippen molar-refractivity contribution in [1.29, 1.82) is 0 Å². The molecule has 2 aromatic heterocycles. The van der Waals surface area contributed by atoms with Gasteiger partial charge in [-0.2, -0.15) is 0 Å². The number of rotatable bonds is 9. The number of hydrogen-bond donors (Lipinski definition) is 1. The van der Waals surface area contributed by atoms with Crippen LogP contribution in [0.2, 0.25) is 10.0 Å². The maximum Gasteiger partial charge on any atom is 0.221 e. The minimum Gasteiger partial charge on any atom is -0.497 e. The molecule has 0 saturated carbocycles. The molecule has 4 rings (SSSR count). The number of imidazole rings is 1. The molecule has 1 N–H and O–H groups in total. The topological polar surface area (TPSA) is 64.9 Å². The van der Waals surface area contributed by atoms with Gasteiger partial charge in [0.2, 0.25) is 5.91 Å². The van der Waals surface area contributed by atoms with Crippen molar-refractivity contribution in [3.8, 4) is 11.5 Å². The van der Waals surface area contributed by atoms with Crippen molar-refractivity contribution in [2.75, 3.05) is 20.8 Å². The molecule has 6 nitrogen and oxygen atoms in total. The summed E-state index contributed by atoms with van der Waals surface area (Å²) in [5.41, 5.74) is 4.67. The quantitative estimate of drug-likeness (QED) is 0.306. The van der Waals surface area contributed by atoms with Crippen LogP contribution in [-0.2, 0) is 11.2 Å². The summed E-state index contributed by atoms with van der Waals surface area (Å²) in [6.45, 7) is 2.48. The number of hydrogen-bond acceptors (Lipinski definition) is 4. The molecule has 1 atom stereocenters. The lowest BCUT2D eigenvalue weighted by Gasteiger charge is -2.19. The van der Waals surface area contributed by atoms with Crippen molar-refractivity contribution in [1.82, 2.24) is 14.7 Å². The number of ether oxygens (including phenoxy) is 2.